The van der Waals surface area contributed by atoms with Gasteiger partial charge in [-0.05, 0) is 31.3 Å². The van der Waals surface area contributed by atoms with Crippen molar-refractivity contribution in [3.63, 3.8) is 0 Å². The molecule has 0 N–H and O–H groups in total. The molecule has 1 aromatic carbocycles. The van der Waals surface area contributed by atoms with Crippen molar-refractivity contribution in [2.45, 2.75) is 20.5 Å². The van der Waals surface area contributed by atoms with E-state index in [2.05, 4.69) is 33.8 Å². The first-order valence-corrected chi connectivity index (χ1v) is 10.6. The van der Waals surface area contributed by atoms with Gasteiger partial charge in [0.25, 0.3) is 11.9 Å². The first-order chi connectivity index (χ1) is 15.5. The van der Waals surface area contributed by atoms with Crippen molar-refractivity contribution < 1.29 is 13.9 Å². The fourth-order valence-corrected chi connectivity index (χ4v) is 3.41. The van der Waals surface area contributed by atoms with Crippen molar-refractivity contribution >= 4 is 5.91 Å². The van der Waals surface area contributed by atoms with E-state index >= 15 is 0 Å². The molecule has 0 saturated heterocycles. The van der Waals surface area contributed by atoms with Gasteiger partial charge in [-0.15, -0.1) is 0 Å². The van der Waals surface area contributed by atoms with Crippen molar-refractivity contribution in [2.24, 2.45) is 0 Å². The number of methoxy groups -OCH3 is 1. The van der Waals surface area contributed by atoms with Gasteiger partial charge in [0.15, 0.2) is 0 Å². The summed E-state index contributed by atoms with van der Waals surface area (Å²) in [4.78, 5) is 25.8. The van der Waals surface area contributed by atoms with Crippen molar-refractivity contribution in [3.05, 3.63) is 59.8 Å². The lowest BCUT2D eigenvalue weighted by Crippen LogP contribution is -2.36. The van der Waals surface area contributed by atoms with Crippen LogP contribution in [0.4, 0.5) is 4.39 Å². The molecule has 0 atom stereocenters. The predicted molar refractivity (Wildman–Crippen MR) is 120 cm³/mol. The summed E-state index contributed by atoms with van der Waals surface area (Å²) >= 11 is 0. The van der Waals surface area contributed by atoms with Crippen LogP contribution in [0.15, 0.2) is 42.7 Å². The normalized spacial score (nSPS) is 11.2. The molecule has 8 nitrogen and oxygen atoms in total. The first kappa shape index (κ1) is 23.5. The van der Waals surface area contributed by atoms with Gasteiger partial charge in [-0.1, -0.05) is 26.0 Å². The first-order valence-electron chi connectivity index (χ1n) is 10.6. The molecule has 0 fully saturated rings. The van der Waals surface area contributed by atoms with Crippen LogP contribution in [-0.4, -0.2) is 75.8 Å². The molecule has 170 valence electrons. The lowest BCUT2D eigenvalue weighted by molar-refractivity contribution is 0.0774. The van der Waals surface area contributed by atoms with E-state index in [-0.39, 0.29) is 24.3 Å². The largest absolute Gasteiger partial charge is 0.378 e. The molecule has 3 rings (SSSR count). The number of carbonyl (C=O) groups is 1. The van der Waals surface area contributed by atoms with Gasteiger partial charge in [0.05, 0.1) is 29.8 Å². The molecule has 0 aliphatic rings. The Bertz CT molecular complexity index is 1050. The van der Waals surface area contributed by atoms with Crippen molar-refractivity contribution in [1.82, 2.24) is 29.5 Å². The highest BCUT2D eigenvalue weighted by atomic mass is 19.1. The average Bonchev–Trinajstić information content (AvgIpc) is 3.23. The van der Waals surface area contributed by atoms with Gasteiger partial charge in [-0.2, -0.15) is 9.78 Å². The lowest BCUT2D eigenvalue weighted by atomic mass is 10.1. The number of ether oxygens (including phenoxy) is 1. The minimum Gasteiger partial charge on any atom is -0.378 e. The maximum Gasteiger partial charge on any atom is 0.257 e. The molecule has 0 bridgehead atoms. The Balaban J connectivity index is 1.91. The van der Waals surface area contributed by atoms with Gasteiger partial charge >= 0.3 is 0 Å². The van der Waals surface area contributed by atoms with E-state index < -0.39 is 0 Å². The average molecular weight is 441 g/mol. The predicted octanol–water partition coefficient (Wildman–Crippen LogP) is 3.03. The van der Waals surface area contributed by atoms with Gasteiger partial charge in [0, 0.05) is 39.0 Å². The van der Waals surface area contributed by atoms with Crippen molar-refractivity contribution in [3.8, 4) is 17.2 Å². The summed E-state index contributed by atoms with van der Waals surface area (Å²) in [5.74, 6) is -0.288. The Kier molecular flexibility index (Phi) is 8.02. The Labute approximate surface area is 187 Å². The van der Waals surface area contributed by atoms with Crippen LogP contribution in [0.2, 0.25) is 0 Å². The second-order valence-corrected chi connectivity index (χ2v) is 7.33. The molecule has 3 aromatic rings. The van der Waals surface area contributed by atoms with Crippen molar-refractivity contribution in [2.75, 3.05) is 40.3 Å². The van der Waals surface area contributed by atoms with Crippen LogP contribution in [0.3, 0.4) is 0 Å². The second kappa shape index (κ2) is 10.9. The highest BCUT2D eigenvalue weighted by Gasteiger charge is 2.23. The molecule has 2 aromatic heterocycles. The number of halogens is 1. The van der Waals surface area contributed by atoms with Crippen LogP contribution in [0, 0.1) is 5.82 Å². The Hall–Kier alpha value is -3.17. The number of hydrogen-bond acceptors (Lipinski definition) is 6. The second-order valence-electron chi connectivity index (χ2n) is 7.33. The number of hydrogen-bond donors (Lipinski definition) is 0. The molecule has 0 aliphatic heterocycles. The third kappa shape index (κ3) is 5.17. The Morgan fingerprint density at radius 2 is 1.91 bits per heavy atom. The van der Waals surface area contributed by atoms with Gasteiger partial charge in [0.1, 0.15) is 5.82 Å². The fraction of sp³-hybridized carbons (Fsp3) is 0.391. The van der Waals surface area contributed by atoms with Gasteiger partial charge in [0.2, 0.25) is 0 Å². The van der Waals surface area contributed by atoms with Crippen LogP contribution in [0.25, 0.3) is 17.2 Å². The summed E-state index contributed by atoms with van der Waals surface area (Å²) in [6, 6.07) is 8.04. The number of amides is 1. The molecule has 9 heteroatoms. The molecule has 0 unspecified atom stereocenters. The Morgan fingerprint density at radius 1 is 1.16 bits per heavy atom. The molecule has 0 aliphatic carbocycles. The van der Waals surface area contributed by atoms with Crippen LogP contribution >= 0.6 is 0 Å². The quantitative estimate of drug-likeness (QED) is 0.482. The standard InChI is InChI=1S/C23H29FN6O2/c1-5-29(6-2)14-13-28(3)22(31)18-15-26-30(21(18)16-32-4)23-25-12-11-20(27-23)17-9-7-8-10-19(17)24/h7-12,15H,5-6,13-14,16H2,1-4H3. The smallest absolute Gasteiger partial charge is 0.257 e. The van der Waals surface area contributed by atoms with E-state index in [1.54, 1.807) is 49.5 Å². The van der Waals surface area contributed by atoms with Gasteiger partial charge in [-0.3, -0.25) is 4.79 Å². The monoisotopic (exact) mass is 440 g/mol. The zero-order chi connectivity index (χ0) is 23.1. The number of benzene rings is 1. The molecule has 0 spiro atoms. The summed E-state index contributed by atoms with van der Waals surface area (Å²) in [7, 11) is 3.32. The summed E-state index contributed by atoms with van der Waals surface area (Å²) in [5.41, 5.74) is 1.76. The third-order valence-corrected chi connectivity index (χ3v) is 5.36. The lowest BCUT2D eigenvalue weighted by Gasteiger charge is -2.23. The maximum absolute atomic E-state index is 14.2. The molecular weight excluding hydrogens is 411 g/mol. The van der Waals surface area contributed by atoms with Gasteiger partial charge < -0.3 is 14.5 Å². The van der Waals surface area contributed by atoms with Crippen LogP contribution in [0.5, 0.6) is 0 Å². The number of rotatable bonds is 10. The number of carbonyl (C=O) groups excluding carboxylic acids is 1. The summed E-state index contributed by atoms with van der Waals surface area (Å²) in [5, 5.41) is 4.35. The van der Waals surface area contributed by atoms with E-state index in [4.69, 9.17) is 4.74 Å². The summed E-state index contributed by atoms with van der Waals surface area (Å²) in [6.07, 6.45) is 3.05. The molecule has 2 heterocycles. The highest BCUT2D eigenvalue weighted by Crippen LogP contribution is 2.22. The van der Waals surface area contributed by atoms with Crippen LogP contribution < -0.4 is 0 Å². The van der Waals surface area contributed by atoms with E-state index in [1.165, 1.54) is 16.9 Å². The third-order valence-electron chi connectivity index (χ3n) is 5.36. The van der Waals surface area contributed by atoms with E-state index in [0.717, 1.165) is 19.6 Å². The van der Waals surface area contributed by atoms with Crippen LogP contribution in [-0.2, 0) is 11.3 Å². The van der Waals surface area contributed by atoms with E-state index in [9.17, 15) is 9.18 Å². The zero-order valence-electron chi connectivity index (χ0n) is 19.0. The fourth-order valence-electron chi connectivity index (χ4n) is 3.41. The molecule has 32 heavy (non-hydrogen) atoms. The summed E-state index contributed by atoms with van der Waals surface area (Å²) < 4.78 is 21.0. The topological polar surface area (TPSA) is 76.4 Å². The molecule has 1 amide bonds. The number of aromatic nitrogens is 4. The number of nitrogens with zero attached hydrogens (tertiary/aromatic N) is 6. The molecule has 0 radical (unpaired) electrons. The molecule has 0 saturated carbocycles. The van der Waals surface area contributed by atoms with Crippen LogP contribution in [0.1, 0.15) is 29.9 Å². The zero-order valence-corrected chi connectivity index (χ0v) is 19.0. The molecular formula is C23H29FN6O2. The van der Waals surface area contributed by atoms with E-state index in [1.807, 2.05) is 0 Å². The minimum absolute atomic E-state index is 0.151. The highest BCUT2D eigenvalue weighted by molar-refractivity contribution is 5.95. The maximum atomic E-state index is 14.2. The summed E-state index contributed by atoms with van der Waals surface area (Å²) in [6.45, 7) is 7.59. The van der Waals surface area contributed by atoms with Crippen molar-refractivity contribution in [1.29, 1.82) is 0 Å². The minimum atomic E-state index is -0.375. The number of likely N-dealkylation sites (N-methyl/N-ethyl adjacent to an activating group) is 2. The Morgan fingerprint density at radius 3 is 2.59 bits per heavy atom. The van der Waals surface area contributed by atoms with E-state index in [0.29, 0.717) is 29.1 Å². The van der Waals surface area contributed by atoms with Gasteiger partial charge in [-0.25, -0.2) is 14.4 Å². The SMILES string of the molecule is CCN(CC)CCN(C)C(=O)c1cnn(-c2nccc(-c3ccccc3F)n2)c1COC.